The van der Waals surface area contributed by atoms with Crippen molar-refractivity contribution in [2.75, 3.05) is 13.6 Å². The molecule has 0 radical (unpaired) electrons. The second-order valence-electron chi connectivity index (χ2n) is 4.99. The molecule has 0 unspecified atom stereocenters. The van der Waals surface area contributed by atoms with Crippen LogP contribution in [-0.4, -0.2) is 47.3 Å². The summed E-state index contributed by atoms with van der Waals surface area (Å²) in [6.07, 6.45) is 0.451. The first-order valence-electron chi connectivity index (χ1n) is 5.56. The van der Waals surface area contributed by atoms with E-state index in [0.717, 1.165) is 0 Å². The van der Waals surface area contributed by atoms with Crippen LogP contribution >= 0.6 is 0 Å². The van der Waals surface area contributed by atoms with Crippen LogP contribution in [0.4, 0.5) is 4.79 Å². The lowest BCUT2D eigenvalue weighted by Gasteiger charge is -2.24. The van der Waals surface area contributed by atoms with Crippen LogP contribution in [0.3, 0.4) is 0 Å². The Hall–Kier alpha value is -1.30. The molecular formula is C11H22N2O4. The number of hydrogen-bond donors (Lipinski definition) is 2. The molecule has 0 aliphatic carbocycles. The molecule has 6 heteroatoms. The van der Waals surface area contributed by atoms with Crippen LogP contribution in [-0.2, 0) is 9.53 Å². The summed E-state index contributed by atoms with van der Waals surface area (Å²) in [4.78, 5) is 23.4. The molecule has 0 saturated carbocycles. The molecule has 0 spiro atoms. The molecule has 1 amide bonds. The van der Waals surface area contributed by atoms with Gasteiger partial charge in [-0.15, -0.1) is 0 Å². The van der Waals surface area contributed by atoms with E-state index < -0.39 is 23.7 Å². The van der Waals surface area contributed by atoms with E-state index in [-0.39, 0.29) is 0 Å². The van der Waals surface area contributed by atoms with Crippen LogP contribution in [0, 0.1) is 0 Å². The van der Waals surface area contributed by atoms with Gasteiger partial charge in [0, 0.05) is 13.6 Å². The molecule has 6 nitrogen and oxygen atoms in total. The number of nitrogens with two attached hydrogens (primary N) is 1. The lowest BCUT2D eigenvalue weighted by atomic mass is 10.1. The molecule has 17 heavy (non-hydrogen) atoms. The Labute approximate surface area is 102 Å². The number of carboxylic acids is 1. The van der Waals surface area contributed by atoms with Crippen molar-refractivity contribution in [3.05, 3.63) is 0 Å². The predicted octanol–water partition coefficient (Wildman–Crippen LogP) is 1.05. The first kappa shape index (κ1) is 15.7. The number of hydrogen-bond acceptors (Lipinski definition) is 4. The van der Waals surface area contributed by atoms with Gasteiger partial charge in [0.25, 0.3) is 0 Å². The van der Waals surface area contributed by atoms with E-state index in [4.69, 9.17) is 15.6 Å². The highest BCUT2D eigenvalue weighted by atomic mass is 16.6. The zero-order chi connectivity index (χ0) is 13.6. The van der Waals surface area contributed by atoms with Gasteiger partial charge in [-0.1, -0.05) is 0 Å². The van der Waals surface area contributed by atoms with Crippen molar-refractivity contribution in [2.45, 2.75) is 45.3 Å². The largest absolute Gasteiger partial charge is 0.480 e. The maximum atomic E-state index is 11.5. The van der Waals surface area contributed by atoms with Crippen molar-refractivity contribution in [1.82, 2.24) is 4.90 Å². The third-order valence-electron chi connectivity index (χ3n) is 2.03. The van der Waals surface area contributed by atoms with Gasteiger partial charge in [0.1, 0.15) is 11.6 Å². The van der Waals surface area contributed by atoms with Gasteiger partial charge in [0.15, 0.2) is 0 Å². The minimum atomic E-state index is -1.02. The molecule has 3 N–H and O–H groups in total. The quantitative estimate of drug-likeness (QED) is 0.756. The molecular weight excluding hydrogens is 224 g/mol. The minimum absolute atomic E-state index is 0.336. The van der Waals surface area contributed by atoms with Gasteiger partial charge in [-0.05, 0) is 33.6 Å². The monoisotopic (exact) mass is 246 g/mol. The zero-order valence-corrected chi connectivity index (χ0v) is 10.9. The topological polar surface area (TPSA) is 92.9 Å². The Morgan fingerprint density at radius 3 is 2.35 bits per heavy atom. The van der Waals surface area contributed by atoms with Crippen LogP contribution in [0.2, 0.25) is 0 Å². The van der Waals surface area contributed by atoms with Crippen LogP contribution in [0.1, 0.15) is 33.6 Å². The molecule has 0 aliphatic heterocycles. The van der Waals surface area contributed by atoms with Crippen molar-refractivity contribution in [1.29, 1.82) is 0 Å². The number of carbonyl (C=O) groups is 2. The molecule has 0 saturated heterocycles. The summed E-state index contributed by atoms with van der Waals surface area (Å²) in [6.45, 7) is 5.80. The van der Waals surface area contributed by atoms with Crippen molar-refractivity contribution < 1.29 is 19.4 Å². The van der Waals surface area contributed by atoms with Gasteiger partial charge in [-0.25, -0.2) is 4.79 Å². The van der Waals surface area contributed by atoms with Gasteiger partial charge >= 0.3 is 12.1 Å². The first-order valence-corrected chi connectivity index (χ1v) is 5.56. The highest BCUT2D eigenvalue weighted by Gasteiger charge is 2.19. The second-order valence-corrected chi connectivity index (χ2v) is 4.99. The van der Waals surface area contributed by atoms with Crippen LogP contribution in [0.25, 0.3) is 0 Å². The van der Waals surface area contributed by atoms with Crippen molar-refractivity contribution in [3.8, 4) is 0 Å². The minimum Gasteiger partial charge on any atom is -0.480 e. The molecule has 100 valence electrons. The fraction of sp³-hybridized carbons (Fsp3) is 0.818. The second kappa shape index (κ2) is 6.44. The normalized spacial score (nSPS) is 13.0. The van der Waals surface area contributed by atoms with E-state index in [1.165, 1.54) is 4.90 Å². The maximum absolute atomic E-state index is 11.5. The summed E-state index contributed by atoms with van der Waals surface area (Å²) in [5.74, 6) is -1.02. The molecule has 0 fully saturated rings. The Bertz CT molecular complexity index is 273. The van der Waals surface area contributed by atoms with E-state index >= 15 is 0 Å². The summed E-state index contributed by atoms with van der Waals surface area (Å²) >= 11 is 0. The predicted molar refractivity (Wildman–Crippen MR) is 63.7 cm³/mol. The molecule has 0 aromatic rings. The van der Waals surface area contributed by atoms with Gasteiger partial charge in [-0.3, -0.25) is 4.79 Å². The summed E-state index contributed by atoms with van der Waals surface area (Å²) in [5.41, 5.74) is 4.82. The summed E-state index contributed by atoms with van der Waals surface area (Å²) in [5, 5.41) is 8.58. The van der Waals surface area contributed by atoms with Gasteiger partial charge in [0.05, 0.1) is 0 Å². The Morgan fingerprint density at radius 1 is 1.41 bits per heavy atom. The molecule has 1 atom stereocenters. The first-order chi connectivity index (χ1) is 7.63. The maximum Gasteiger partial charge on any atom is 0.410 e. The lowest BCUT2D eigenvalue weighted by Crippen LogP contribution is -2.36. The summed E-state index contributed by atoms with van der Waals surface area (Å²) < 4.78 is 5.14. The average molecular weight is 246 g/mol. The molecule has 0 heterocycles. The standard InChI is InChI=1S/C11H22N2O4/c1-11(2,3)17-10(16)13(4)7-5-6-8(12)9(14)15/h8H,5-7,12H2,1-4H3,(H,14,15)/t8-/m1/s1. The number of rotatable bonds is 5. The number of carbonyl (C=O) groups excluding carboxylic acids is 1. The van der Waals surface area contributed by atoms with Crippen molar-refractivity contribution in [2.24, 2.45) is 5.73 Å². The van der Waals surface area contributed by atoms with Crippen LogP contribution in [0.15, 0.2) is 0 Å². The van der Waals surface area contributed by atoms with E-state index in [9.17, 15) is 9.59 Å². The third-order valence-corrected chi connectivity index (χ3v) is 2.03. The van der Waals surface area contributed by atoms with E-state index in [1.54, 1.807) is 27.8 Å². The highest BCUT2D eigenvalue weighted by molar-refractivity contribution is 5.73. The Morgan fingerprint density at radius 2 is 1.94 bits per heavy atom. The molecule has 0 rings (SSSR count). The van der Waals surface area contributed by atoms with Crippen molar-refractivity contribution >= 4 is 12.1 Å². The van der Waals surface area contributed by atoms with Gasteiger partial charge < -0.3 is 20.5 Å². The van der Waals surface area contributed by atoms with E-state index in [1.807, 2.05) is 0 Å². The smallest absolute Gasteiger partial charge is 0.410 e. The number of amides is 1. The van der Waals surface area contributed by atoms with Crippen LogP contribution < -0.4 is 5.73 Å². The number of aliphatic carboxylic acids is 1. The Balaban J connectivity index is 3.90. The molecule has 0 aliphatic rings. The fourth-order valence-corrected chi connectivity index (χ4v) is 1.10. The fourth-order valence-electron chi connectivity index (χ4n) is 1.10. The highest BCUT2D eigenvalue weighted by Crippen LogP contribution is 2.09. The number of ether oxygens (including phenoxy) is 1. The third kappa shape index (κ3) is 7.57. The van der Waals surface area contributed by atoms with Gasteiger partial charge in [0.2, 0.25) is 0 Å². The number of carboxylic acid groups (broad SMARTS) is 1. The van der Waals surface area contributed by atoms with Crippen molar-refractivity contribution in [3.63, 3.8) is 0 Å². The average Bonchev–Trinajstić information content (AvgIpc) is 2.14. The molecule has 0 aromatic carbocycles. The van der Waals surface area contributed by atoms with Crippen LogP contribution in [0.5, 0.6) is 0 Å². The SMILES string of the molecule is CN(CCC[C@@H](N)C(=O)O)C(=O)OC(C)(C)C. The Kier molecular flexibility index (Phi) is 5.95. The summed E-state index contributed by atoms with van der Waals surface area (Å²) in [7, 11) is 1.61. The van der Waals surface area contributed by atoms with E-state index in [0.29, 0.717) is 19.4 Å². The molecule has 0 bridgehead atoms. The zero-order valence-electron chi connectivity index (χ0n) is 10.9. The van der Waals surface area contributed by atoms with E-state index in [2.05, 4.69) is 0 Å². The van der Waals surface area contributed by atoms with Gasteiger partial charge in [-0.2, -0.15) is 0 Å². The molecule has 0 aromatic heterocycles. The number of nitrogens with zero attached hydrogens (tertiary/aromatic N) is 1. The lowest BCUT2D eigenvalue weighted by molar-refractivity contribution is -0.138. The summed E-state index contributed by atoms with van der Waals surface area (Å²) in [6, 6.07) is -0.873.